The summed E-state index contributed by atoms with van der Waals surface area (Å²) in [6, 6.07) is 0.872. The lowest BCUT2D eigenvalue weighted by Crippen LogP contribution is -2.62. The molecule has 4 aliphatic rings. The zero-order chi connectivity index (χ0) is 20.1. The molecule has 0 spiro atoms. The Labute approximate surface area is 171 Å². The van der Waals surface area contributed by atoms with Crippen molar-refractivity contribution in [2.24, 2.45) is 28.6 Å². The number of carbonyl (C=O) groups is 2. The molecular weight excluding hydrogens is 348 g/mol. The van der Waals surface area contributed by atoms with Crippen LogP contribution in [0.1, 0.15) is 85.0 Å². The summed E-state index contributed by atoms with van der Waals surface area (Å²) >= 11 is 0. The molecule has 4 heteroatoms. The van der Waals surface area contributed by atoms with Crippen molar-refractivity contribution in [3.8, 4) is 0 Å². The van der Waals surface area contributed by atoms with Gasteiger partial charge in [-0.05, 0) is 80.0 Å². The van der Waals surface area contributed by atoms with Crippen LogP contribution >= 0.6 is 0 Å². The third-order valence-corrected chi connectivity index (χ3v) is 9.81. The summed E-state index contributed by atoms with van der Waals surface area (Å²) in [4.78, 5) is 28.4. The number of amides is 2. The van der Waals surface area contributed by atoms with E-state index < -0.39 is 0 Å². The fourth-order valence-electron chi connectivity index (χ4n) is 8.29. The highest BCUT2D eigenvalue weighted by Gasteiger charge is 2.61. The zero-order valence-electron chi connectivity index (χ0n) is 18.5. The predicted molar refractivity (Wildman–Crippen MR) is 112 cm³/mol. The maximum Gasteiger partial charge on any atom is 0.222 e. The Hall–Kier alpha value is -1.06. The molecule has 0 radical (unpaired) electrons. The van der Waals surface area contributed by atoms with Gasteiger partial charge in [0, 0.05) is 32.1 Å². The molecule has 1 aliphatic heterocycles. The van der Waals surface area contributed by atoms with Crippen molar-refractivity contribution in [1.29, 1.82) is 0 Å². The van der Waals surface area contributed by atoms with E-state index in [0.717, 1.165) is 56.4 Å². The molecule has 0 aromatic carbocycles. The minimum absolute atomic E-state index is 0.287. The first-order chi connectivity index (χ1) is 13.4. The highest BCUT2D eigenvalue weighted by atomic mass is 16.2. The zero-order valence-corrected chi connectivity index (χ0v) is 18.5. The van der Waals surface area contributed by atoms with Gasteiger partial charge in [-0.1, -0.05) is 27.2 Å². The second-order valence-electron chi connectivity index (χ2n) is 10.8. The van der Waals surface area contributed by atoms with Gasteiger partial charge in [0.2, 0.25) is 12.3 Å². The van der Waals surface area contributed by atoms with Crippen molar-refractivity contribution in [1.82, 2.24) is 9.80 Å². The molecule has 4 rings (SSSR count). The molecule has 4 fully saturated rings. The topological polar surface area (TPSA) is 40.6 Å². The standard InChI is InChI=1S/C24H40N2O2/c1-5-6-15-26(16-27)21-10-8-18-17-7-9-20-23(2,14-12-22(28)25(20)4)19(17)11-13-24(18,21)3/h16-21H,5-15H2,1-4H3/t17-,18-,19+,20?,21?,23+,24-/m0/s1. The summed E-state index contributed by atoms with van der Waals surface area (Å²) in [5.74, 6) is 2.63. The van der Waals surface area contributed by atoms with Crippen LogP contribution in [0.2, 0.25) is 0 Å². The van der Waals surface area contributed by atoms with Crippen LogP contribution in [-0.2, 0) is 9.59 Å². The van der Waals surface area contributed by atoms with Crippen molar-refractivity contribution >= 4 is 12.3 Å². The predicted octanol–water partition coefficient (Wildman–Crippen LogP) is 4.48. The smallest absolute Gasteiger partial charge is 0.222 e. The van der Waals surface area contributed by atoms with Crippen LogP contribution in [0.3, 0.4) is 0 Å². The minimum Gasteiger partial charge on any atom is -0.342 e. The second-order valence-corrected chi connectivity index (χ2v) is 10.8. The SMILES string of the molecule is CCCCN(C=O)C1CC[C@H]2[C@@H]3CCC4N(C)C(=O)CC[C@]4(C)[C@@H]3CC[C@]12C. The van der Waals surface area contributed by atoms with Gasteiger partial charge in [-0.15, -0.1) is 0 Å². The highest BCUT2D eigenvalue weighted by molar-refractivity contribution is 5.77. The van der Waals surface area contributed by atoms with E-state index in [0.29, 0.717) is 18.0 Å². The Balaban J connectivity index is 1.56. The first-order valence-corrected chi connectivity index (χ1v) is 11.8. The molecule has 158 valence electrons. The summed E-state index contributed by atoms with van der Waals surface area (Å²) in [5, 5.41) is 0. The van der Waals surface area contributed by atoms with Crippen molar-refractivity contribution in [2.45, 2.75) is 97.1 Å². The van der Waals surface area contributed by atoms with Gasteiger partial charge < -0.3 is 9.80 Å². The molecule has 0 bridgehead atoms. The minimum atomic E-state index is 0.287. The van der Waals surface area contributed by atoms with E-state index in [1.165, 1.54) is 38.5 Å². The Morgan fingerprint density at radius 2 is 1.82 bits per heavy atom. The monoisotopic (exact) mass is 388 g/mol. The van der Waals surface area contributed by atoms with E-state index in [1.54, 1.807) is 0 Å². The number of hydrogen-bond acceptors (Lipinski definition) is 2. The Morgan fingerprint density at radius 1 is 1.07 bits per heavy atom. The molecule has 2 unspecified atom stereocenters. The second kappa shape index (κ2) is 7.32. The quantitative estimate of drug-likeness (QED) is 0.652. The molecule has 1 saturated heterocycles. The lowest BCUT2D eigenvalue weighted by molar-refractivity contribution is -0.159. The van der Waals surface area contributed by atoms with Gasteiger partial charge >= 0.3 is 0 Å². The molecule has 0 N–H and O–H groups in total. The molecule has 4 nitrogen and oxygen atoms in total. The molecule has 0 aromatic heterocycles. The fraction of sp³-hybridized carbons (Fsp3) is 0.917. The largest absolute Gasteiger partial charge is 0.342 e. The molecular formula is C24H40N2O2. The third-order valence-electron chi connectivity index (χ3n) is 9.81. The molecule has 2 amide bonds. The van der Waals surface area contributed by atoms with Gasteiger partial charge in [0.05, 0.1) is 0 Å². The van der Waals surface area contributed by atoms with Gasteiger partial charge in [0.15, 0.2) is 0 Å². The number of fused-ring (bicyclic) bond motifs is 5. The number of rotatable bonds is 5. The van der Waals surface area contributed by atoms with E-state index >= 15 is 0 Å². The number of piperidine rings is 1. The van der Waals surface area contributed by atoms with Crippen molar-refractivity contribution in [2.75, 3.05) is 13.6 Å². The van der Waals surface area contributed by atoms with Gasteiger partial charge in [-0.25, -0.2) is 0 Å². The van der Waals surface area contributed by atoms with E-state index in [9.17, 15) is 9.59 Å². The van der Waals surface area contributed by atoms with Crippen LogP contribution in [0.5, 0.6) is 0 Å². The Morgan fingerprint density at radius 3 is 2.54 bits per heavy atom. The molecule has 3 saturated carbocycles. The van der Waals surface area contributed by atoms with Crippen molar-refractivity contribution in [3.05, 3.63) is 0 Å². The summed E-state index contributed by atoms with van der Waals surface area (Å²) in [5.41, 5.74) is 0.576. The molecule has 1 heterocycles. The first kappa shape index (κ1) is 20.2. The average Bonchev–Trinajstić information content (AvgIpc) is 3.03. The first-order valence-electron chi connectivity index (χ1n) is 11.8. The normalized spacial score (nSPS) is 45.2. The summed E-state index contributed by atoms with van der Waals surface area (Å²) in [6.45, 7) is 8.12. The van der Waals surface area contributed by atoms with Crippen LogP contribution in [-0.4, -0.2) is 47.8 Å². The third kappa shape index (κ3) is 2.84. The van der Waals surface area contributed by atoms with Crippen LogP contribution in [0.4, 0.5) is 0 Å². The highest BCUT2D eigenvalue weighted by Crippen LogP contribution is 2.65. The van der Waals surface area contributed by atoms with E-state index in [2.05, 4.69) is 30.6 Å². The molecule has 7 atom stereocenters. The van der Waals surface area contributed by atoms with Crippen molar-refractivity contribution in [3.63, 3.8) is 0 Å². The van der Waals surface area contributed by atoms with Crippen LogP contribution in [0.25, 0.3) is 0 Å². The number of unbranched alkanes of at least 4 members (excludes halogenated alkanes) is 1. The van der Waals surface area contributed by atoms with Gasteiger partial charge in [-0.2, -0.15) is 0 Å². The maximum absolute atomic E-state index is 12.3. The summed E-state index contributed by atoms with van der Waals surface area (Å²) < 4.78 is 0. The average molecular weight is 389 g/mol. The van der Waals surface area contributed by atoms with Crippen molar-refractivity contribution < 1.29 is 9.59 Å². The van der Waals surface area contributed by atoms with E-state index in [-0.39, 0.29) is 10.8 Å². The summed E-state index contributed by atoms with van der Waals surface area (Å²) in [6.07, 6.45) is 12.6. The van der Waals surface area contributed by atoms with Crippen LogP contribution in [0, 0.1) is 28.6 Å². The Kier molecular flexibility index (Phi) is 5.29. The lowest BCUT2D eigenvalue weighted by atomic mass is 9.47. The van der Waals surface area contributed by atoms with Gasteiger partial charge in [0.1, 0.15) is 0 Å². The fourth-order valence-corrected chi connectivity index (χ4v) is 8.29. The number of hydrogen-bond donors (Lipinski definition) is 0. The maximum atomic E-state index is 12.3. The van der Waals surface area contributed by atoms with Gasteiger partial charge in [-0.3, -0.25) is 9.59 Å². The molecule has 3 aliphatic carbocycles. The van der Waals surface area contributed by atoms with Crippen LogP contribution < -0.4 is 0 Å². The molecule has 28 heavy (non-hydrogen) atoms. The van der Waals surface area contributed by atoms with Gasteiger partial charge in [0.25, 0.3) is 0 Å². The Bertz CT molecular complexity index is 622. The molecule has 0 aromatic rings. The number of carbonyl (C=O) groups excluding carboxylic acids is 2. The lowest BCUT2D eigenvalue weighted by Gasteiger charge is -2.62. The van der Waals surface area contributed by atoms with E-state index in [4.69, 9.17) is 0 Å². The van der Waals surface area contributed by atoms with E-state index in [1.807, 2.05) is 7.05 Å². The number of nitrogens with zero attached hydrogens (tertiary/aromatic N) is 2. The number of likely N-dealkylation sites (tertiary alicyclic amines) is 1. The van der Waals surface area contributed by atoms with Crippen LogP contribution in [0.15, 0.2) is 0 Å². The summed E-state index contributed by atoms with van der Waals surface area (Å²) in [7, 11) is 2.04.